The van der Waals surface area contributed by atoms with Gasteiger partial charge < -0.3 is 5.32 Å². The Balaban J connectivity index is 1.93. The van der Waals surface area contributed by atoms with Crippen LogP contribution in [-0.4, -0.2) is 20.9 Å². The van der Waals surface area contributed by atoms with Crippen molar-refractivity contribution in [1.82, 2.24) is 5.32 Å². The molecule has 0 spiro atoms. The maximum absolute atomic E-state index is 13.5. The minimum atomic E-state index is -3.98. The molecule has 1 atom stereocenters. The number of hydrogen-bond acceptors (Lipinski definition) is 3. The van der Waals surface area contributed by atoms with E-state index < -0.39 is 22.0 Å². The number of nitrogens with zero attached hydrogens (tertiary/aromatic N) is 1. The van der Waals surface area contributed by atoms with Crippen molar-refractivity contribution in [3.05, 3.63) is 95.3 Å². The van der Waals surface area contributed by atoms with Crippen LogP contribution in [0.5, 0.6) is 0 Å². The summed E-state index contributed by atoms with van der Waals surface area (Å²) in [6, 6.07) is 19.1. The minimum Gasteiger partial charge on any atom is -0.348 e. The molecule has 0 aromatic heterocycles. The van der Waals surface area contributed by atoms with Crippen molar-refractivity contribution in [1.29, 1.82) is 0 Å². The fourth-order valence-corrected chi connectivity index (χ4v) is 4.90. The maximum atomic E-state index is 13.5. The van der Waals surface area contributed by atoms with E-state index in [1.165, 1.54) is 12.1 Å². The molecule has 1 amide bonds. The van der Waals surface area contributed by atoms with E-state index in [-0.39, 0.29) is 17.3 Å². The summed E-state index contributed by atoms with van der Waals surface area (Å²) >= 11 is 0. The number of hydrogen-bond donors (Lipinski definition) is 1. The van der Waals surface area contributed by atoms with Gasteiger partial charge in [-0.25, -0.2) is 12.8 Å². The first kappa shape index (κ1) is 23.5. The zero-order valence-corrected chi connectivity index (χ0v) is 19.2. The van der Waals surface area contributed by atoms with E-state index in [0.29, 0.717) is 12.1 Å². The number of halogens is 1. The number of aryl methyl sites for hydroxylation is 2. The van der Waals surface area contributed by atoms with Gasteiger partial charge in [-0.05, 0) is 61.7 Å². The molecule has 0 bridgehead atoms. The summed E-state index contributed by atoms with van der Waals surface area (Å²) in [6.07, 6.45) is 0.615. The van der Waals surface area contributed by atoms with Crippen molar-refractivity contribution in [3.63, 3.8) is 0 Å². The highest BCUT2D eigenvalue weighted by molar-refractivity contribution is 7.92. The molecule has 0 saturated carbocycles. The van der Waals surface area contributed by atoms with Crippen molar-refractivity contribution in [2.45, 2.75) is 38.1 Å². The van der Waals surface area contributed by atoms with Crippen LogP contribution in [0.2, 0.25) is 0 Å². The van der Waals surface area contributed by atoms with Gasteiger partial charge in [0, 0.05) is 0 Å². The SMILES string of the molecule is CCc1ccccc1N(CC(=O)N[C@@H](C)c1ccc(F)cc1)S(=O)(=O)c1ccc(C)cc1. The average molecular weight is 455 g/mol. The first-order valence-corrected chi connectivity index (χ1v) is 11.9. The second kappa shape index (κ2) is 9.96. The smallest absolute Gasteiger partial charge is 0.264 e. The van der Waals surface area contributed by atoms with E-state index in [1.54, 1.807) is 55.5 Å². The third-order valence-electron chi connectivity index (χ3n) is 5.28. The third kappa shape index (κ3) is 5.34. The van der Waals surface area contributed by atoms with Gasteiger partial charge in [-0.15, -0.1) is 0 Å². The van der Waals surface area contributed by atoms with E-state index in [9.17, 15) is 17.6 Å². The zero-order chi connectivity index (χ0) is 23.3. The van der Waals surface area contributed by atoms with Gasteiger partial charge in [-0.2, -0.15) is 0 Å². The molecule has 0 aliphatic heterocycles. The van der Waals surface area contributed by atoms with Gasteiger partial charge in [0.15, 0.2) is 0 Å². The molecule has 0 aliphatic carbocycles. The van der Waals surface area contributed by atoms with Crippen LogP contribution in [0.15, 0.2) is 77.7 Å². The molecule has 7 heteroatoms. The van der Waals surface area contributed by atoms with Crippen LogP contribution in [0.3, 0.4) is 0 Å². The third-order valence-corrected chi connectivity index (χ3v) is 7.06. The number of carbonyl (C=O) groups excluding carboxylic acids is 1. The van der Waals surface area contributed by atoms with E-state index >= 15 is 0 Å². The Morgan fingerprint density at radius 1 is 1.00 bits per heavy atom. The van der Waals surface area contributed by atoms with Gasteiger partial charge in [-0.3, -0.25) is 9.10 Å². The lowest BCUT2D eigenvalue weighted by molar-refractivity contribution is -0.120. The highest BCUT2D eigenvalue weighted by Gasteiger charge is 2.29. The van der Waals surface area contributed by atoms with Crippen molar-refractivity contribution in [3.8, 4) is 0 Å². The van der Waals surface area contributed by atoms with Gasteiger partial charge in [0.2, 0.25) is 5.91 Å². The van der Waals surface area contributed by atoms with E-state index in [0.717, 1.165) is 21.0 Å². The van der Waals surface area contributed by atoms with Crippen molar-refractivity contribution < 1.29 is 17.6 Å². The normalized spacial score (nSPS) is 12.2. The number of rotatable bonds is 8. The van der Waals surface area contributed by atoms with Crippen LogP contribution in [0.4, 0.5) is 10.1 Å². The van der Waals surface area contributed by atoms with Crippen LogP contribution in [0.25, 0.3) is 0 Å². The molecule has 1 N–H and O–H groups in total. The number of anilines is 1. The fourth-order valence-electron chi connectivity index (χ4n) is 3.44. The molecule has 0 aliphatic rings. The molecule has 168 valence electrons. The first-order chi connectivity index (χ1) is 15.2. The highest BCUT2D eigenvalue weighted by Crippen LogP contribution is 2.28. The standard InChI is InChI=1S/C25H27FN2O3S/c1-4-20-7-5-6-8-24(20)28(32(30,31)23-15-9-18(2)10-16-23)17-25(29)27-19(3)21-11-13-22(26)14-12-21/h5-16,19H,4,17H2,1-3H3,(H,27,29)/t19-/m0/s1. The summed E-state index contributed by atoms with van der Waals surface area (Å²) in [4.78, 5) is 13.0. The molecule has 5 nitrogen and oxygen atoms in total. The zero-order valence-electron chi connectivity index (χ0n) is 18.4. The van der Waals surface area contributed by atoms with Gasteiger partial charge in [0.1, 0.15) is 12.4 Å². The number of nitrogens with one attached hydrogen (secondary N) is 1. The molecule has 0 fully saturated rings. The summed E-state index contributed by atoms with van der Waals surface area (Å²) < 4.78 is 41.4. The molecule has 3 rings (SSSR count). The Morgan fingerprint density at radius 2 is 1.62 bits per heavy atom. The fraction of sp³-hybridized carbons (Fsp3) is 0.240. The summed E-state index contributed by atoms with van der Waals surface area (Å²) in [5.41, 5.74) is 2.96. The van der Waals surface area contributed by atoms with Crippen LogP contribution in [0, 0.1) is 12.7 Å². The summed E-state index contributed by atoms with van der Waals surface area (Å²) in [6.45, 7) is 5.21. The Morgan fingerprint density at radius 3 is 2.25 bits per heavy atom. The molecule has 0 saturated heterocycles. The topological polar surface area (TPSA) is 66.5 Å². The monoisotopic (exact) mass is 454 g/mol. The molecular formula is C25H27FN2O3S. The Bertz CT molecular complexity index is 1180. The number of para-hydroxylation sites is 1. The van der Waals surface area contributed by atoms with Gasteiger partial charge in [0.25, 0.3) is 10.0 Å². The molecule has 0 unspecified atom stereocenters. The van der Waals surface area contributed by atoms with Crippen LogP contribution in [-0.2, 0) is 21.2 Å². The lowest BCUT2D eigenvalue weighted by atomic mass is 10.1. The lowest BCUT2D eigenvalue weighted by Crippen LogP contribution is -2.42. The van der Waals surface area contributed by atoms with Crippen LogP contribution >= 0.6 is 0 Å². The summed E-state index contributed by atoms with van der Waals surface area (Å²) in [7, 11) is -3.98. The average Bonchev–Trinajstić information content (AvgIpc) is 2.78. The Labute approximate surface area is 188 Å². The number of benzene rings is 3. The Hall–Kier alpha value is -3.19. The number of sulfonamides is 1. The molecule has 3 aromatic rings. The minimum absolute atomic E-state index is 0.119. The predicted octanol–water partition coefficient (Wildman–Crippen LogP) is 4.77. The first-order valence-electron chi connectivity index (χ1n) is 10.4. The van der Waals surface area contributed by atoms with Gasteiger partial charge in [0.05, 0.1) is 16.6 Å². The number of carbonyl (C=O) groups is 1. The van der Waals surface area contributed by atoms with Crippen LogP contribution in [0.1, 0.15) is 36.6 Å². The molecule has 32 heavy (non-hydrogen) atoms. The maximum Gasteiger partial charge on any atom is 0.264 e. The second-order valence-electron chi connectivity index (χ2n) is 7.65. The Kier molecular flexibility index (Phi) is 7.30. The largest absolute Gasteiger partial charge is 0.348 e. The number of amides is 1. The van der Waals surface area contributed by atoms with Crippen molar-refractivity contribution >= 4 is 21.6 Å². The highest BCUT2D eigenvalue weighted by atomic mass is 32.2. The van der Waals surface area contributed by atoms with E-state index in [1.807, 2.05) is 26.0 Å². The molecule has 3 aromatic carbocycles. The van der Waals surface area contributed by atoms with Crippen molar-refractivity contribution in [2.24, 2.45) is 0 Å². The van der Waals surface area contributed by atoms with Crippen LogP contribution < -0.4 is 9.62 Å². The lowest BCUT2D eigenvalue weighted by Gasteiger charge is -2.27. The second-order valence-corrected chi connectivity index (χ2v) is 9.51. The van der Waals surface area contributed by atoms with Gasteiger partial charge >= 0.3 is 0 Å². The predicted molar refractivity (Wildman–Crippen MR) is 124 cm³/mol. The summed E-state index contributed by atoms with van der Waals surface area (Å²) in [5.74, 6) is -0.817. The molecule has 0 radical (unpaired) electrons. The molecule has 0 heterocycles. The van der Waals surface area contributed by atoms with E-state index in [4.69, 9.17) is 0 Å². The summed E-state index contributed by atoms with van der Waals surface area (Å²) in [5, 5.41) is 2.82. The van der Waals surface area contributed by atoms with Gasteiger partial charge in [-0.1, -0.05) is 55.0 Å². The molecular weight excluding hydrogens is 427 g/mol. The van der Waals surface area contributed by atoms with Crippen molar-refractivity contribution in [2.75, 3.05) is 10.8 Å². The quantitative estimate of drug-likeness (QED) is 0.533. The van der Waals surface area contributed by atoms with E-state index in [2.05, 4.69) is 5.32 Å².